The van der Waals surface area contributed by atoms with Gasteiger partial charge in [-0.15, -0.1) is 5.10 Å². The van der Waals surface area contributed by atoms with Gasteiger partial charge in [0.05, 0.1) is 5.69 Å². The molecular formula is C19H23Cl2N5O3. The van der Waals surface area contributed by atoms with Gasteiger partial charge in [0.25, 0.3) is 0 Å². The van der Waals surface area contributed by atoms with Crippen LogP contribution < -0.4 is 5.32 Å². The van der Waals surface area contributed by atoms with Crippen LogP contribution >= 0.6 is 23.2 Å². The molecule has 2 N–H and O–H groups in total. The van der Waals surface area contributed by atoms with Crippen molar-refractivity contribution in [2.75, 3.05) is 19.6 Å². The average molecular weight is 440 g/mol. The minimum absolute atomic E-state index is 0.0207. The number of hydrogen-bond donors (Lipinski definition) is 2. The Morgan fingerprint density at radius 2 is 1.93 bits per heavy atom. The summed E-state index contributed by atoms with van der Waals surface area (Å²) in [5.74, 6) is 0.283. The van der Waals surface area contributed by atoms with Crippen molar-refractivity contribution in [1.82, 2.24) is 25.6 Å². The van der Waals surface area contributed by atoms with Gasteiger partial charge in [0, 0.05) is 48.7 Å². The third-order valence-corrected chi connectivity index (χ3v) is 5.24. The highest BCUT2D eigenvalue weighted by atomic mass is 35.5. The van der Waals surface area contributed by atoms with Crippen LogP contribution in [0.15, 0.2) is 24.4 Å². The number of aromatic amines is 1. The fraction of sp³-hybridized carbons (Fsp3) is 0.474. The highest BCUT2D eigenvalue weighted by molar-refractivity contribution is 6.34. The summed E-state index contributed by atoms with van der Waals surface area (Å²) in [5.41, 5.74) is 1.56. The van der Waals surface area contributed by atoms with Crippen LogP contribution in [0.25, 0.3) is 0 Å². The van der Waals surface area contributed by atoms with Crippen molar-refractivity contribution in [3.05, 3.63) is 45.7 Å². The number of carbonyl (C=O) groups is 2. The molecule has 29 heavy (non-hydrogen) atoms. The largest absolute Gasteiger partial charge is 0.445 e. The second-order valence-electron chi connectivity index (χ2n) is 7.03. The van der Waals surface area contributed by atoms with Crippen molar-refractivity contribution >= 4 is 35.2 Å². The molecule has 2 aromatic rings. The van der Waals surface area contributed by atoms with E-state index >= 15 is 0 Å². The summed E-state index contributed by atoms with van der Waals surface area (Å²) in [4.78, 5) is 26.0. The Hall–Kier alpha value is -2.32. The quantitative estimate of drug-likeness (QED) is 0.689. The highest BCUT2D eigenvalue weighted by Crippen LogP contribution is 2.22. The molecule has 0 spiro atoms. The van der Waals surface area contributed by atoms with Crippen LogP contribution in [-0.4, -0.2) is 51.9 Å². The first-order chi connectivity index (χ1) is 14.0. The molecule has 0 radical (unpaired) electrons. The smallest absolute Gasteiger partial charge is 0.410 e. The maximum atomic E-state index is 12.3. The van der Waals surface area contributed by atoms with Gasteiger partial charge in [-0.2, -0.15) is 0 Å². The Morgan fingerprint density at radius 3 is 2.59 bits per heavy atom. The van der Waals surface area contributed by atoms with Gasteiger partial charge >= 0.3 is 6.09 Å². The fourth-order valence-electron chi connectivity index (χ4n) is 3.26. The minimum atomic E-state index is -0.364. The molecule has 1 saturated heterocycles. The number of piperidine rings is 1. The van der Waals surface area contributed by atoms with Gasteiger partial charge in [-0.3, -0.25) is 9.89 Å². The number of amides is 2. The summed E-state index contributed by atoms with van der Waals surface area (Å²) < 4.78 is 5.36. The van der Waals surface area contributed by atoms with Crippen molar-refractivity contribution in [1.29, 1.82) is 0 Å². The first-order valence-corrected chi connectivity index (χ1v) is 10.2. The summed E-state index contributed by atoms with van der Waals surface area (Å²) in [6.45, 7) is 1.80. The van der Waals surface area contributed by atoms with Crippen molar-refractivity contribution in [3.63, 3.8) is 0 Å². The van der Waals surface area contributed by atoms with Gasteiger partial charge in [0.1, 0.15) is 6.61 Å². The molecule has 10 heteroatoms. The van der Waals surface area contributed by atoms with E-state index in [1.807, 2.05) is 0 Å². The van der Waals surface area contributed by atoms with Gasteiger partial charge in [-0.1, -0.05) is 28.4 Å². The van der Waals surface area contributed by atoms with E-state index in [1.54, 1.807) is 29.3 Å². The second-order valence-corrected chi connectivity index (χ2v) is 7.90. The molecule has 2 heterocycles. The molecule has 0 atom stereocenters. The lowest BCUT2D eigenvalue weighted by Crippen LogP contribution is -2.40. The molecule has 156 valence electrons. The maximum Gasteiger partial charge on any atom is 0.410 e. The van der Waals surface area contributed by atoms with E-state index < -0.39 is 0 Å². The number of nitrogens with one attached hydrogen (secondary N) is 2. The Morgan fingerprint density at radius 1 is 1.21 bits per heavy atom. The molecule has 0 unspecified atom stereocenters. The van der Waals surface area contributed by atoms with Crippen LogP contribution in [0.3, 0.4) is 0 Å². The van der Waals surface area contributed by atoms with Crippen LogP contribution in [0.4, 0.5) is 4.79 Å². The molecular weight excluding hydrogens is 417 g/mol. The minimum Gasteiger partial charge on any atom is -0.445 e. The predicted molar refractivity (Wildman–Crippen MR) is 109 cm³/mol. The van der Waals surface area contributed by atoms with Gasteiger partial charge in [0.15, 0.2) is 0 Å². The monoisotopic (exact) mass is 439 g/mol. The standard InChI is InChI=1S/C19H23Cl2N5O3/c20-15-7-14(8-16(21)10-15)12-29-19(28)26-5-2-13(3-6-26)9-18(27)22-4-1-17-11-23-25-24-17/h7-8,10-11,13H,1-6,9,12H2,(H,22,27)(H,23,24,25). The summed E-state index contributed by atoms with van der Waals surface area (Å²) in [6.07, 6.45) is 4.00. The first-order valence-electron chi connectivity index (χ1n) is 9.48. The molecule has 2 amide bonds. The lowest BCUT2D eigenvalue weighted by atomic mass is 9.93. The molecule has 3 rings (SSSR count). The highest BCUT2D eigenvalue weighted by Gasteiger charge is 2.25. The molecule has 8 nitrogen and oxygen atoms in total. The Kier molecular flexibility index (Phi) is 7.71. The molecule has 0 saturated carbocycles. The van der Waals surface area contributed by atoms with Gasteiger partial charge < -0.3 is 15.0 Å². The Labute approximate surface area is 178 Å². The molecule has 1 aromatic carbocycles. The molecule has 1 fully saturated rings. The van der Waals surface area contributed by atoms with E-state index in [1.165, 1.54) is 0 Å². The van der Waals surface area contributed by atoms with Crippen molar-refractivity contribution in [3.8, 4) is 0 Å². The zero-order valence-electron chi connectivity index (χ0n) is 15.9. The first kappa shape index (κ1) is 21.4. The molecule has 1 aliphatic rings. The topological polar surface area (TPSA) is 100 Å². The van der Waals surface area contributed by atoms with E-state index in [4.69, 9.17) is 27.9 Å². The van der Waals surface area contributed by atoms with Crippen molar-refractivity contribution in [2.24, 2.45) is 5.92 Å². The second kappa shape index (κ2) is 10.5. The number of carbonyl (C=O) groups excluding carboxylic acids is 2. The molecule has 0 bridgehead atoms. The zero-order valence-corrected chi connectivity index (χ0v) is 17.4. The molecule has 1 aromatic heterocycles. The van der Waals surface area contributed by atoms with Crippen molar-refractivity contribution in [2.45, 2.75) is 32.3 Å². The normalized spacial score (nSPS) is 14.6. The SMILES string of the molecule is O=C(CC1CCN(C(=O)OCc2cc(Cl)cc(Cl)c2)CC1)NCCc1c[nH]nn1. The molecule has 1 aliphatic heterocycles. The van der Waals surface area contributed by atoms with E-state index in [0.717, 1.165) is 24.1 Å². The number of benzene rings is 1. The lowest BCUT2D eigenvalue weighted by Gasteiger charge is -2.31. The molecule has 0 aliphatic carbocycles. The number of ether oxygens (including phenoxy) is 1. The van der Waals surface area contributed by atoms with E-state index in [2.05, 4.69) is 20.7 Å². The maximum absolute atomic E-state index is 12.3. The van der Waals surface area contributed by atoms with Gasteiger partial charge in [0.2, 0.25) is 5.91 Å². The van der Waals surface area contributed by atoms with Crippen LogP contribution in [0.5, 0.6) is 0 Å². The van der Waals surface area contributed by atoms with Gasteiger partial charge in [-0.05, 0) is 42.5 Å². The average Bonchev–Trinajstić information content (AvgIpc) is 3.19. The summed E-state index contributed by atoms with van der Waals surface area (Å²) in [7, 11) is 0. The van der Waals surface area contributed by atoms with E-state index in [-0.39, 0.29) is 24.5 Å². The van der Waals surface area contributed by atoms with E-state index in [9.17, 15) is 9.59 Å². The number of likely N-dealkylation sites (tertiary alicyclic amines) is 1. The lowest BCUT2D eigenvalue weighted by molar-refractivity contribution is -0.122. The van der Waals surface area contributed by atoms with Crippen molar-refractivity contribution < 1.29 is 14.3 Å². The number of hydrogen-bond acceptors (Lipinski definition) is 5. The summed E-state index contributed by atoms with van der Waals surface area (Å²) >= 11 is 11.9. The number of H-pyrrole nitrogens is 1. The summed E-state index contributed by atoms with van der Waals surface area (Å²) in [6, 6.07) is 5.06. The summed E-state index contributed by atoms with van der Waals surface area (Å²) in [5, 5.41) is 14.1. The Bertz CT molecular complexity index is 803. The number of nitrogens with zero attached hydrogens (tertiary/aromatic N) is 3. The third kappa shape index (κ3) is 6.90. The van der Waals surface area contributed by atoms with Crippen LogP contribution in [0, 0.1) is 5.92 Å². The van der Waals surface area contributed by atoms with E-state index in [0.29, 0.717) is 42.5 Å². The number of halogens is 2. The fourth-order valence-corrected chi connectivity index (χ4v) is 3.83. The number of rotatable bonds is 7. The van der Waals surface area contributed by atoms with Crippen LogP contribution in [0.1, 0.15) is 30.5 Å². The Balaban J connectivity index is 1.33. The predicted octanol–water partition coefficient (Wildman–Crippen LogP) is 3.21. The zero-order chi connectivity index (χ0) is 20.6. The van der Waals surface area contributed by atoms with Crippen LogP contribution in [0.2, 0.25) is 10.0 Å². The van der Waals surface area contributed by atoms with Crippen LogP contribution in [-0.2, 0) is 22.6 Å². The van der Waals surface area contributed by atoms with Gasteiger partial charge in [-0.25, -0.2) is 4.79 Å². The number of aromatic nitrogens is 3. The third-order valence-electron chi connectivity index (χ3n) is 4.80.